The molecule has 32 heavy (non-hydrogen) atoms. The number of nitrogens with zero attached hydrogens (tertiary/aromatic N) is 2. The van der Waals surface area contributed by atoms with Gasteiger partial charge in [0.05, 0.1) is 17.9 Å². The van der Waals surface area contributed by atoms with Crippen LogP contribution in [0.4, 0.5) is 15.8 Å². The van der Waals surface area contributed by atoms with Crippen molar-refractivity contribution in [1.29, 1.82) is 0 Å². The van der Waals surface area contributed by atoms with E-state index in [2.05, 4.69) is 26.1 Å². The molecule has 0 aromatic heterocycles. The lowest BCUT2D eigenvalue weighted by atomic mass is 10.1. The minimum absolute atomic E-state index is 0.0859. The first-order chi connectivity index (χ1) is 15.6. The molecule has 1 amide bonds. The van der Waals surface area contributed by atoms with Gasteiger partial charge in [-0.25, -0.2) is 4.39 Å². The van der Waals surface area contributed by atoms with E-state index in [1.807, 2.05) is 31.2 Å². The number of anilines is 2. The Morgan fingerprint density at radius 3 is 2.72 bits per heavy atom. The zero-order chi connectivity index (χ0) is 22.5. The SMILES string of the molecule is CC1Nc2ccc(Br)cc2C(=O)N1c1ccc(OCCCN2CCCC2)cc1OCCF. The number of likely N-dealkylation sites (tertiary alicyclic amines) is 1. The molecule has 0 spiro atoms. The van der Waals surface area contributed by atoms with Crippen LogP contribution in [-0.2, 0) is 0 Å². The zero-order valence-electron chi connectivity index (χ0n) is 18.3. The topological polar surface area (TPSA) is 54.0 Å². The number of fused-ring (bicyclic) bond motifs is 1. The molecule has 1 N–H and O–H groups in total. The van der Waals surface area contributed by atoms with Crippen molar-refractivity contribution < 1.29 is 18.7 Å². The van der Waals surface area contributed by atoms with E-state index in [-0.39, 0.29) is 18.7 Å². The Balaban J connectivity index is 1.51. The summed E-state index contributed by atoms with van der Waals surface area (Å²) in [4.78, 5) is 17.4. The van der Waals surface area contributed by atoms with Crippen molar-refractivity contribution in [3.05, 3.63) is 46.4 Å². The van der Waals surface area contributed by atoms with Gasteiger partial charge in [-0.3, -0.25) is 9.69 Å². The molecule has 6 nitrogen and oxygen atoms in total. The van der Waals surface area contributed by atoms with Crippen molar-refractivity contribution in [2.45, 2.75) is 32.4 Å². The van der Waals surface area contributed by atoms with Gasteiger partial charge in [-0.15, -0.1) is 0 Å². The van der Waals surface area contributed by atoms with Gasteiger partial charge >= 0.3 is 0 Å². The average Bonchev–Trinajstić information content (AvgIpc) is 3.30. The van der Waals surface area contributed by atoms with Gasteiger partial charge in [-0.05, 0) is 69.6 Å². The van der Waals surface area contributed by atoms with Crippen molar-refractivity contribution in [2.75, 3.05) is 49.7 Å². The van der Waals surface area contributed by atoms with E-state index in [0.717, 1.165) is 23.1 Å². The predicted octanol–water partition coefficient (Wildman–Crippen LogP) is 5.08. The van der Waals surface area contributed by atoms with E-state index in [1.165, 1.54) is 25.9 Å². The summed E-state index contributed by atoms with van der Waals surface area (Å²) in [5, 5.41) is 3.35. The van der Waals surface area contributed by atoms with Gasteiger partial charge in [-0.2, -0.15) is 0 Å². The molecule has 2 aromatic carbocycles. The Labute approximate surface area is 196 Å². The summed E-state index contributed by atoms with van der Waals surface area (Å²) in [5.74, 6) is 0.939. The van der Waals surface area contributed by atoms with Crippen molar-refractivity contribution >= 4 is 33.2 Å². The summed E-state index contributed by atoms with van der Waals surface area (Å²) in [7, 11) is 0. The minimum atomic E-state index is -0.613. The normalized spacial score (nSPS) is 18.4. The molecule has 1 unspecified atom stereocenters. The van der Waals surface area contributed by atoms with Crippen LogP contribution in [0, 0.1) is 0 Å². The summed E-state index contributed by atoms with van der Waals surface area (Å²) >= 11 is 3.43. The van der Waals surface area contributed by atoms with Crippen LogP contribution in [-0.4, -0.2) is 56.5 Å². The molecule has 2 aliphatic rings. The summed E-state index contributed by atoms with van der Waals surface area (Å²) in [6, 6.07) is 11.0. The third-order valence-corrected chi connectivity index (χ3v) is 6.29. The number of rotatable bonds is 9. The maximum absolute atomic E-state index is 13.3. The number of alkyl halides is 1. The van der Waals surface area contributed by atoms with Crippen molar-refractivity contribution in [3.8, 4) is 11.5 Å². The molecule has 2 aromatic rings. The Morgan fingerprint density at radius 1 is 1.12 bits per heavy atom. The molecule has 0 aliphatic carbocycles. The van der Waals surface area contributed by atoms with Crippen LogP contribution >= 0.6 is 15.9 Å². The van der Waals surface area contributed by atoms with Gasteiger partial charge in [0.15, 0.2) is 0 Å². The molecule has 4 rings (SSSR count). The number of hydrogen-bond donors (Lipinski definition) is 1. The highest BCUT2D eigenvalue weighted by Crippen LogP contribution is 2.38. The Hall–Kier alpha value is -2.32. The van der Waals surface area contributed by atoms with E-state index in [4.69, 9.17) is 9.47 Å². The third kappa shape index (κ3) is 5.18. The van der Waals surface area contributed by atoms with Gasteiger partial charge in [0, 0.05) is 22.8 Å². The molecule has 172 valence electrons. The second-order valence-electron chi connectivity index (χ2n) is 8.10. The lowest BCUT2D eigenvalue weighted by Gasteiger charge is -2.36. The third-order valence-electron chi connectivity index (χ3n) is 5.79. The van der Waals surface area contributed by atoms with Crippen molar-refractivity contribution in [1.82, 2.24) is 4.90 Å². The molecule has 8 heteroatoms. The molecule has 2 heterocycles. The molecule has 1 atom stereocenters. The second kappa shape index (κ2) is 10.5. The van der Waals surface area contributed by atoms with E-state index < -0.39 is 6.67 Å². The fourth-order valence-electron chi connectivity index (χ4n) is 4.26. The summed E-state index contributed by atoms with van der Waals surface area (Å²) in [5.41, 5.74) is 1.93. The lowest BCUT2D eigenvalue weighted by Crippen LogP contribution is -2.47. The number of ether oxygens (including phenoxy) is 2. The van der Waals surface area contributed by atoms with E-state index in [9.17, 15) is 9.18 Å². The molecule has 0 saturated carbocycles. The van der Waals surface area contributed by atoms with Gasteiger partial charge in [0.1, 0.15) is 30.9 Å². The van der Waals surface area contributed by atoms with Crippen LogP contribution in [0.2, 0.25) is 0 Å². The largest absolute Gasteiger partial charge is 0.493 e. The van der Waals surface area contributed by atoms with Gasteiger partial charge < -0.3 is 19.7 Å². The Kier molecular flexibility index (Phi) is 7.52. The molecule has 0 bridgehead atoms. The summed E-state index contributed by atoms with van der Waals surface area (Å²) in [6.45, 7) is 5.18. The number of carbonyl (C=O) groups is 1. The van der Waals surface area contributed by atoms with Crippen LogP contribution in [0.25, 0.3) is 0 Å². The van der Waals surface area contributed by atoms with E-state index in [1.54, 1.807) is 17.0 Å². The number of hydrogen-bond acceptors (Lipinski definition) is 5. The monoisotopic (exact) mass is 505 g/mol. The van der Waals surface area contributed by atoms with Crippen LogP contribution < -0.4 is 19.7 Å². The molecular weight excluding hydrogens is 477 g/mol. The first kappa shape index (κ1) is 22.9. The number of nitrogens with one attached hydrogen (secondary N) is 1. The molecule has 2 aliphatic heterocycles. The molecule has 1 saturated heterocycles. The quantitative estimate of drug-likeness (QED) is 0.481. The Bertz CT molecular complexity index is 952. The fraction of sp³-hybridized carbons (Fsp3) is 0.458. The first-order valence-electron chi connectivity index (χ1n) is 11.1. The average molecular weight is 506 g/mol. The first-order valence-corrected chi connectivity index (χ1v) is 11.9. The second-order valence-corrected chi connectivity index (χ2v) is 9.02. The highest BCUT2D eigenvalue weighted by Gasteiger charge is 2.32. The number of amides is 1. The van der Waals surface area contributed by atoms with Gasteiger partial charge in [0.2, 0.25) is 0 Å². The highest BCUT2D eigenvalue weighted by molar-refractivity contribution is 9.10. The maximum atomic E-state index is 13.3. The minimum Gasteiger partial charge on any atom is -0.493 e. The van der Waals surface area contributed by atoms with E-state index in [0.29, 0.717) is 29.4 Å². The smallest absolute Gasteiger partial charge is 0.262 e. The standard InChI is InChI=1S/C24H29BrFN3O3/c1-17-27-21-7-5-18(25)15-20(21)24(30)29(17)22-8-6-19(16-23(22)32-14-9-26)31-13-4-12-28-10-2-3-11-28/h5-8,15-17,27H,2-4,9-14H2,1H3. The summed E-state index contributed by atoms with van der Waals surface area (Å²) < 4.78 is 25.3. The zero-order valence-corrected chi connectivity index (χ0v) is 19.9. The molecule has 0 radical (unpaired) electrons. The highest BCUT2D eigenvalue weighted by atomic mass is 79.9. The Morgan fingerprint density at radius 2 is 1.94 bits per heavy atom. The molecule has 1 fully saturated rings. The van der Waals surface area contributed by atoms with Gasteiger partial charge in [-0.1, -0.05) is 15.9 Å². The van der Waals surface area contributed by atoms with Crippen LogP contribution in [0.5, 0.6) is 11.5 Å². The fourth-order valence-corrected chi connectivity index (χ4v) is 4.63. The van der Waals surface area contributed by atoms with Crippen molar-refractivity contribution in [3.63, 3.8) is 0 Å². The van der Waals surface area contributed by atoms with Gasteiger partial charge in [0.25, 0.3) is 5.91 Å². The molecular formula is C24H29BrFN3O3. The lowest BCUT2D eigenvalue weighted by molar-refractivity contribution is 0.0976. The van der Waals surface area contributed by atoms with Crippen molar-refractivity contribution in [2.24, 2.45) is 0 Å². The van der Waals surface area contributed by atoms with Crippen LogP contribution in [0.3, 0.4) is 0 Å². The summed E-state index contributed by atoms with van der Waals surface area (Å²) in [6.07, 6.45) is 3.21. The maximum Gasteiger partial charge on any atom is 0.262 e. The number of carbonyl (C=O) groups excluding carboxylic acids is 1. The predicted molar refractivity (Wildman–Crippen MR) is 128 cm³/mol. The van der Waals surface area contributed by atoms with Crippen LogP contribution in [0.1, 0.15) is 36.5 Å². The number of benzene rings is 2. The number of halogens is 2. The van der Waals surface area contributed by atoms with E-state index >= 15 is 0 Å². The van der Waals surface area contributed by atoms with Crippen LogP contribution in [0.15, 0.2) is 40.9 Å².